The molecule has 0 bridgehead atoms. The van der Waals surface area contributed by atoms with Crippen molar-refractivity contribution in [2.24, 2.45) is 0 Å². The molecule has 0 saturated carbocycles. The van der Waals surface area contributed by atoms with Crippen molar-refractivity contribution in [2.45, 2.75) is 72.6 Å². The number of rotatable bonds is 10. The van der Waals surface area contributed by atoms with Gasteiger partial charge in [0.05, 0.1) is 0 Å². The fourth-order valence-corrected chi connectivity index (χ4v) is 16.2. The molecule has 0 atom stereocenters. The molecule has 0 aliphatic rings. The van der Waals surface area contributed by atoms with E-state index in [1.165, 1.54) is 57.5 Å². The van der Waals surface area contributed by atoms with Gasteiger partial charge in [-0.05, 0) is 0 Å². The van der Waals surface area contributed by atoms with Crippen LogP contribution >= 0.6 is 0 Å². The maximum absolute atomic E-state index is 3.92. The first-order valence-corrected chi connectivity index (χ1v) is 17.0. The summed E-state index contributed by atoms with van der Waals surface area (Å²) in [7, 11) is 2.11. The first-order valence-electron chi connectivity index (χ1n) is 9.49. The summed E-state index contributed by atoms with van der Waals surface area (Å²) in [5.74, 6) is 0. The molecule has 0 aromatic heterocycles. The molecule has 0 amide bonds. The van der Waals surface area contributed by atoms with Crippen LogP contribution in [0, 0.1) is 9.98 Å². The minimum absolute atomic E-state index is 1.21. The molecule has 0 saturated heterocycles. The van der Waals surface area contributed by atoms with Crippen molar-refractivity contribution in [3.8, 4) is 9.98 Å². The molecule has 1 nitrogen and oxygen atoms in total. The van der Waals surface area contributed by atoms with Crippen molar-refractivity contribution in [2.75, 3.05) is 11.9 Å². The predicted molar refractivity (Wildman–Crippen MR) is 108 cm³/mol. The van der Waals surface area contributed by atoms with Crippen molar-refractivity contribution in [1.29, 1.82) is 0 Å². The quantitative estimate of drug-likeness (QED) is 0.238. The van der Waals surface area contributed by atoms with Crippen LogP contribution in [0.4, 0.5) is 5.69 Å². The molecule has 1 rings (SSSR count). The van der Waals surface area contributed by atoms with Crippen LogP contribution in [-0.2, 0) is 0 Å². The topological polar surface area (TPSA) is 3.24 Å². The van der Waals surface area contributed by atoms with Crippen molar-refractivity contribution < 1.29 is 0 Å². The number of nitrogens with zero attached hydrogens (tertiary/aromatic N) is 1. The summed E-state index contributed by atoms with van der Waals surface area (Å²) in [5.41, 5.74) is 1.21. The summed E-state index contributed by atoms with van der Waals surface area (Å²) >= 11 is -2.31. The average molecular weight is 420 g/mol. The van der Waals surface area contributed by atoms with Crippen LogP contribution < -0.4 is 4.90 Å². The molecule has 0 spiro atoms. The second-order valence-corrected chi connectivity index (χ2v) is 19.0. The van der Waals surface area contributed by atoms with Crippen molar-refractivity contribution in [1.82, 2.24) is 0 Å². The average Bonchev–Trinajstić information content (AvgIpc) is 2.61. The number of benzene rings is 1. The molecule has 23 heavy (non-hydrogen) atoms. The SMILES string of the molecule is CCC[CH2][Sn]([C]#CN(C)c1ccccc1)([CH2]CCC)[CH2]CCC. The molecule has 0 aliphatic carbocycles. The Morgan fingerprint density at radius 1 is 0.826 bits per heavy atom. The van der Waals surface area contributed by atoms with E-state index in [9.17, 15) is 0 Å². The Kier molecular flexibility index (Phi) is 10.5. The van der Waals surface area contributed by atoms with Gasteiger partial charge in [-0.25, -0.2) is 0 Å². The van der Waals surface area contributed by atoms with E-state index in [0.717, 1.165) is 0 Å². The van der Waals surface area contributed by atoms with E-state index in [2.05, 4.69) is 73.0 Å². The third-order valence-corrected chi connectivity index (χ3v) is 17.7. The van der Waals surface area contributed by atoms with Gasteiger partial charge in [-0.2, -0.15) is 0 Å². The Balaban J connectivity index is 2.94. The molecule has 1 aromatic rings. The van der Waals surface area contributed by atoms with E-state index in [0.29, 0.717) is 0 Å². The Hall–Kier alpha value is -0.621. The van der Waals surface area contributed by atoms with Gasteiger partial charge in [-0.1, -0.05) is 0 Å². The van der Waals surface area contributed by atoms with Crippen molar-refractivity contribution >= 4 is 24.1 Å². The van der Waals surface area contributed by atoms with Crippen LogP contribution in [0.3, 0.4) is 0 Å². The number of para-hydroxylation sites is 1. The molecule has 0 heterocycles. The van der Waals surface area contributed by atoms with Gasteiger partial charge in [0, 0.05) is 0 Å². The predicted octanol–water partition coefficient (Wildman–Crippen LogP) is 6.47. The van der Waals surface area contributed by atoms with Gasteiger partial charge in [-0.3, -0.25) is 0 Å². The number of hydrogen-bond acceptors (Lipinski definition) is 1. The first kappa shape index (κ1) is 20.4. The zero-order chi connectivity index (χ0) is 17.0. The van der Waals surface area contributed by atoms with Gasteiger partial charge in [-0.15, -0.1) is 0 Å². The number of unbranched alkanes of at least 4 members (excludes halogenated alkanes) is 3. The van der Waals surface area contributed by atoms with E-state index in [1.54, 1.807) is 0 Å². The van der Waals surface area contributed by atoms with Gasteiger partial charge in [0.2, 0.25) is 0 Å². The molecular weight excluding hydrogens is 385 g/mol. The van der Waals surface area contributed by atoms with Crippen LogP contribution in [0.2, 0.25) is 13.3 Å². The zero-order valence-electron chi connectivity index (χ0n) is 15.7. The summed E-state index contributed by atoms with van der Waals surface area (Å²) < 4.78 is 8.30. The van der Waals surface area contributed by atoms with E-state index >= 15 is 0 Å². The monoisotopic (exact) mass is 421 g/mol. The van der Waals surface area contributed by atoms with Crippen molar-refractivity contribution in [3.05, 3.63) is 30.3 Å². The third-order valence-electron chi connectivity index (χ3n) is 4.66. The fourth-order valence-electron chi connectivity index (χ4n) is 3.03. The molecule has 0 unspecified atom stereocenters. The van der Waals surface area contributed by atoms with Gasteiger partial charge < -0.3 is 0 Å². The summed E-state index contributed by atoms with van der Waals surface area (Å²) in [6, 6.07) is 14.1. The second-order valence-electron chi connectivity index (χ2n) is 6.72. The zero-order valence-corrected chi connectivity index (χ0v) is 18.6. The van der Waals surface area contributed by atoms with Crippen LogP contribution in [0.15, 0.2) is 30.3 Å². The normalized spacial score (nSPS) is 11.0. The summed E-state index contributed by atoms with van der Waals surface area (Å²) in [5, 5.41) is 0. The molecule has 128 valence electrons. The Morgan fingerprint density at radius 2 is 1.30 bits per heavy atom. The van der Waals surface area contributed by atoms with E-state index in [4.69, 9.17) is 0 Å². The van der Waals surface area contributed by atoms with Crippen LogP contribution in [0.25, 0.3) is 0 Å². The molecule has 0 radical (unpaired) electrons. The van der Waals surface area contributed by atoms with Gasteiger partial charge in [0.1, 0.15) is 0 Å². The standard InChI is InChI=1S/C9H8N.3C4H9.Sn/c1-3-10(2)9-7-5-4-6-8-9;3*1-3-4-2;/h4-8H,2H3;3*1,3-4H2,2H3;. The van der Waals surface area contributed by atoms with Crippen LogP contribution in [-0.4, -0.2) is 25.4 Å². The molecule has 0 fully saturated rings. The number of hydrogen-bond donors (Lipinski definition) is 0. The number of anilines is 1. The molecule has 2 heteroatoms. The first-order chi connectivity index (χ1) is 11.2. The second kappa shape index (κ2) is 11.8. The third kappa shape index (κ3) is 7.66. The van der Waals surface area contributed by atoms with Crippen LogP contribution in [0.1, 0.15) is 59.3 Å². The molecular formula is C21H35NSn. The van der Waals surface area contributed by atoms with E-state index < -0.39 is 18.4 Å². The van der Waals surface area contributed by atoms with Gasteiger partial charge in [0.15, 0.2) is 0 Å². The van der Waals surface area contributed by atoms with Gasteiger partial charge >= 0.3 is 149 Å². The van der Waals surface area contributed by atoms with Crippen molar-refractivity contribution in [3.63, 3.8) is 0 Å². The molecule has 1 aromatic carbocycles. The fraction of sp³-hybridized carbons (Fsp3) is 0.619. The molecule has 0 aliphatic heterocycles. The summed E-state index contributed by atoms with van der Waals surface area (Å²) in [6.07, 6.45) is 8.08. The Morgan fingerprint density at radius 3 is 1.74 bits per heavy atom. The molecule has 0 N–H and O–H groups in total. The summed E-state index contributed by atoms with van der Waals surface area (Å²) in [4.78, 5) is 2.13. The Labute approximate surface area is 148 Å². The van der Waals surface area contributed by atoms with Gasteiger partial charge in [0.25, 0.3) is 0 Å². The van der Waals surface area contributed by atoms with Crippen LogP contribution in [0.5, 0.6) is 0 Å². The van der Waals surface area contributed by atoms with E-state index in [1.807, 2.05) is 0 Å². The van der Waals surface area contributed by atoms with E-state index in [-0.39, 0.29) is 0 Å². The summed E-state index contributed by atoms with van der Waals surface area (Å²) in [6.45, 7) is 6.96. The maximum atomic E-state index is 3.92. The Bertz CT molecular complexity index is 450. The minimum atomic E-state index is -2.31.